The molecule has 12 atom stereocenters. The number of anilines is 1. The summed E-state index contributed by atoms with van der Waals surface area (Å²) in [5, 5.41) is 6.89. The Morgan fingerprint density at radius 3 is 2.57 bits per heavy atom. The molecule has 0 spiro atoms. The number of fused-ring (bicyclic) bond motifs is 1. The molecule has 16 heteroatoms. The molecular weight excluding hydrogens is 978 g/mol. The van der Waals surface area contributed by atoms with Gasteiger partial charge in [0.05, 0.1) is 0 Å². The number of nitrogens with zero attached hydrogens (tertiary/aromatic N) is 5. The van der Waals surface area contributed by atoms with E-state index < -0.39 is 0 Å². The molecule has 2 aliphatic heterocycles. The maximum atomic E-state index is 13.0. The molecular formula is C30H44I3N8O2P3-2. The van der Waals surface area contributed by atoms with E-state index in [4.69, 9.17) is 0 Å². The second kappa shape index (κ2) is 16.1. The van der Waals surface area contributed by atoms with E-state index in [0.717, 1.165) is 88.4 Å². The van der Waals surface area contributed by atoms with Crippen LogP contribution in [0, 0.1) is 5.92 Å². The van der Waals surface area contributed by atoms with E-state index in [1.807, 2.05) is 17.2 Å². The topological polar surface area (TPSA) is 112 Å². The molecule has 46 heavy (non-hydrogen) atoms. The average molecular weight is 1020 g/mol. The minimum atomic E-state index is -0.298. The number of hydrogen-bond donors (Lipinski definition) is 3. The van der Waals surface area contributed by atoms with Gasteiger partial charge in [-0.15, -0.1) is 0 Å². The molecule has 3 fully saturated rings. The second-order valence-corrected chi connectivity index (χ2v) is 32.1. The van der Waals surface area contributed by atoms with Crippen molar-refractivity contribution < 1.29 is 37.9 Å². The molecule has 0 amide bonds. The van der Waals surface area contributed by atoms with Crippen LogP contribution in [0.3, 0.4) is 0 Å². The van der Waals surface area contributed by atoms with Gasteiger partial charge in [0.25, 0.3) is 0 Å². The van der Waals surface area contributed by atoms with Crippen LogP contribution < -0.4 is 59.8 Å². The van der Waals surface area contributed by atoms with Gasteiger partial charge in [0, 0.05) is 0 Å². The molecule has 7 rings (SSSR count). The summed E-state index contributed by atoms with van der Waals surface area (Å²) in [6, 6.07) is 2.39. The zero-order valence-electron chi connectivity index (χ0n) is 25.9. The number of alkyl halides is 2. The van der Waals surface area contributed by atoms with Crippen LogP contribution >= 0.6 is 42.0 Å². The molecule has 254 valence electrons. The Balaban J connectivity index is 1.08. The van der Waals surface area contributed by atoms with Crippen molar-refractivity contribution in [2.75, 3.05) is 23.5 Å². The van der Waals surface area contributed by atoms with Crippen LogP contribution in [-0.2, 0) is 13.1 Å². The number of aromatic amines is 1. The van der Waals surface area contributed by atoms with Crippen LogP contribution in [-0.4, -0.2) is 86.7 Å². The molecule has 3 saturated carbocycles. The minimum absolute atomic E-state index is 0.181. The predicted octanol–water partition coefficient (Wildman–Crippen LogP) is -2.01. The standard InChI is InChI=1S/C30H44I3N8O2P3/c1-32-21-9-19(39-5-2-4-34-16-39)10-23(21)44-25-11-20(41-6-3-28(42)38-30(41)43)12-26(25)45-24-7-18(8-27(24)46-33-31)14-40-17-37-22-13-35-15-36-29(22)40/h2-3,5-6,15,17-21,23-27,34,44-46H,4,7-14,16H2,1H3,(H,35,36)(H,38,42,43)/q-2. The number of halogens is 3. The van der Waals surface area contributed by atoms with Crippen molar-refractivity contribution in [3.05, 3.63) is 57.4 Å². The Bertz CT molecular complexity index is 1540. The van der Waals surface area contributed by atoms with Crippen molar-refractivity contribution in [3.63, 3.8) is 0 Å². The fraction of sp³-hybridized carbons (Fsp3) is 0.667. The van der Waals surface area contributed by atoms with Crippen LogP contribution in [0.25, 0.3) is 0 Å². The molecule has 2 aromatic rings. The van der Waals surface area contributed by atoms with Gasteiger partial charge in [-0.25, -0.2) is 0 Å². The number of H-pyrrole nitrogens is 1. The van der Waals surface area contributed by atoms with Crippen molar-refractivity contribution in [2.45, 2.75) is 95.9 Å². The van der Waals surface area contributed by atoms with Gasteiger partial charge in [-0.2, -0.15) is 0 Å². The molecule has 10 nitrogen and oxygen atoms in total. The number of aliphatic imine (C=N–C) groups is 1. The van der Waals surface area contributed by atoms with Gasteiger partial charge in [0.1, 0.15) is 0 Å². The van der Waals surface area contributed by atoms with Crippen LogP contribution in [0.5, 0.6) is 0 Å². The van der Waals surface area contributed by atoms with E-state index in [0.29, 0.717) is 29.8 Å². The summed E-state index contributed by atoms with van der Waals surface area (Å²) in [5.74, 6) is 1.82. The third-order valence-electron chi connectivity index (χ3n) is 10.4. The Morgan fingerprint density at radius 2 is 1.80 bits per heavy atom. The first kappa shape index (κ1) is 34.8. The van der Waals surface area contributed by atoms with E-state index in [-0.39, 0.29) is 55.2 Å². The molecule has 3 aliphatic carbocycles. The van der Waals surface area contributed by atoms with Crippen LogP contribution in [0.2, 0.25) is 0 Å². The van der Waals surface area contributed by atoms with Gasteiger partial charge in [0.2, 0.25) is 0 Å². The summed E-state index contributed by atoms with van der Waals surface area (Å²) in [7, 11) is 1.94. The molecule has 0 aromatic carbocycles. The molecule has 0 radical (unpaired) electrons. The number of aromatic nitrogens is 4. The predicted molar refractivity (Wildman–Crippen MR) is 195 cm³/mol. The van der Waals surface area contributed by atoms with Crippen molar-refractivity contribution >= 4 is 54.2 Å². The third kappa shape index (κ3) is 7.95. The van der Waals surface area contributed by atoms with Crippen molar-refractivity contribution in [1.29, 1.82) is 0 Å². The van der Waals surface area contributed by atoms with E-state index in [9.17, 15) is 9.59 Å². The van der Waals surface area contributed by atoms with Gasteiger partial charge in [-0.3, -0.25) is 0 Å². The molecule has 0 bridgehead atoms. The zero-order chi connectivity index (χ0) is 31.6. The Morgan fingerprint density at radius 1 is 1.02 bits per heavy atom. The summed E-state index contributed by atoms with van der Waals surface area (Å²) in [6.45, 7) is 3.67. The molecule has 4 heterocycles. The summed E-state index contributed by atoms with van der Waals surface area (Å²) in [4.78, 5) is 41.5. The van der Waals surface area contributed by atoms with Gasteiger partial charge in [0.15, 0.2) is 0 Å². The van der Waals surface area contributed by atoms with Crippen LogP contribution in [0.15, 0.2) is 45.4 Å². The second-order valence-electron chi connectivity index (χ2n) is 13.2. The van der Waals surface area contributed by atoms with Crippen LogP contribution in [0.1, 0.15) is 50.3 Å². The summed E-state index contributed by atoms with van der Waals surface area (Å²) >= 11 is 3.12. The first-order valence-corrected chi connectivity index (χ1v) is 32.4. The third-order valence-corrected chi connectivity index (χ3v) is 27.9. The fourth-order valence-corrected chi connectivity index (χ4v) is 28.3. The van der Waals surface area contributed by atoms with Gasteiger partial charge < -0.3 is 0 Å². The van der Waals surface area contributed by atoms with Gasteiger partial charge >= 0.3 is 309 Å². The summed E-state index contributed by atoms with van der Waals surface area (Å²) in [6.07, 6.45) is 18.8. The first-order valence-electron chi connectivity index (χ1n) is 16.2. The van der Waals surface area contributed by atoms with E-state index in [2.05, 4.69) is 70.9 Å². The molecule has 5 aliphatic rings. The summed E-state index contributed by atoms with van der Waals surface area (Å²) < 4.78 is 5.09. The Hall–Kier alpha value is 0.340. The first-order chi connectivity index (χ1) is 22.5. The van der Waals surface area contributed by atoms with Gasteiger partial charge in [-0.05, 0) is 0 Å². The molecule has 12 unspecified atom stereocenters. The monoisotopic (exact) mass is 1020 g/mol. The van der Waals surface area contributed by atoms with Crippen molar-refractivity contribution in [3.8, 4) is 0 Å². The number of rotatable bonds is 11. The van der Waals surface area contributed by atoms with Gasteiger partial charge in [-0.1, -0.05) is 0 Å². The Labute approximate surface area is 306 Å². The number of hydrogen-bond acceptors (Lipinski definition) is 7. The normalized spacial score (nSPS) is 34.8. The maximum absolute atomic E-state index is 13.0. The molecule has 2 aromatic heterocycles. The molecule has 0 saturated heterocycles. The van der Waals surface area contributed by atoms with Crippen molar-refractivity contribution in [2.24, 2.45) is 10.9 Å². The SMILES string of the molecule is C[I-]C1CC(N2C=CCNC2)CC1PC1CC(n2ccc(=O)[nH]c2=O)CC1PC1CC(Cn2cnc3c2NC=NC3)CC1P[I-]I. The van der Waals surface area contributed by atoms with Crippen LogP contribution in [0.4, 0.5) is 5.82 Å². The van der Waals surface area contributed by atoms with Crippen molar-refractivity contribution in [1.82, 2.24) is 29.3 Å². The number of nitrogens with one attached hydrogen (secondary N) is 3. The Kier molecular flexibility index (Phi) is 12.2. The quantitative estimate of drug-likeness (QED) is 0.137. The summed E-state index contributed by atoms with van der Waals surface area (Å²) in [5.41, 5.74) is 4.35. The average Bonchev–Trinajstić information content (AvgIpc) is 3.85. The van der Waals surface area contributed by atoms with E-state index in [1.165, 1.54) is 31.7 Å². The van der Waals surface area contributed by atoms with E-state index in [1.54, 1.807) is 6.20 Å². The fourth-order valence-electron chi connectivity index (χ4n) is 8.30. The number of imidazole rings is 1. The molecule has 3 N–H and O–H groups in total. The zero-order valence-corrected chi connectivity index (χ0v) is 35.4. The van der Waals surface area contributed by atoms with E-state index >= 15 is 0 Å².